The lowest BCUT2D eigenvalue weighted by Gasteiger charge is -2.26. The fraction of sp³-hybridized carbons (Fsp3) is 0.220. The van der Waals surface area contributed by atoms with Crippen LogP contribution in [0.25, 0.3) is 0 Å². The second kappa shape index (κ2) is 14.8. The summed E-state index contributed by atoms with van der Waals surface area (Å²) < 4.78 is 19.6. The lowest BCUT2D eigenvalue weighted by Crippen LogP contribution is -2.37. The number of nitrogens with zero attached hydrogens (tertiary/aromatic N) is 4. The Kier molecular flexibility index (Phi) is 10.0. The van der Waals surface area contributed by atoms with E-state index in [1.54, 1.807) is 0 Å². The highest BCUT2D eigenvalue weighted by Crippen LogP contribution is 2.35. The van der Waals surface area contributed by atoms with Crippen LogP contribution in [-0.2, 0) is 32.6 Å². The van der Waals surface area contributed by atoms with Crippen LogP contribution in [0.1, 0.15) is 60.1 Å². The largest absolute Gasteiger partial charge is 0.457 e. The molecule has 4 aromatic carbocycles. The molecule has 0 fully saturated rings. The van der Waals surface area contributed by atoms with E-state index < -0.39 is 0 Å². The van der Waals surface area contributed by atoms with Crippen molar-refractivity contribution >= 4 is 23.2 Å². The van der Waals surface area contributed by atoms with Crippen molar-refractivity contribution in [3.05, 3.63) is 145 Å². The van der Waals surface area contributed by atoms with Gasteiger partial charge in [-0.05, 0) is 97.8 Å². The number of carbonyl (C=O) groups excluding carboxylic acids is 2. The van der Waals surface area contributed by atoms with Crippen LogP contribution >= 0.6 is 0 Å². The number of hydrogen-bond donors (Lipinski definition) is 2. The monoisotopic (exact) mass is 684 g/mol. The maximum atomic E-state index is 12.8. The maximum absolute atomic E-state index is 12.8. The fourth-order valence-electron chi connectivity index (χ4n) is 6.04. The smallest absolute Gasteiger partial charge is 0.348 e. The molecule has 0 saturated heterocycles. The Morgan fingerprint density at radius 1 is 0.569 bits per heavy atom. The molecule has 2 heterocycles. The zero-order valence-electron chi connectivity index (χ0n) is 29.9. The molecule has 2 amide bonds. The summed E-state index contributed by atoms with van der Waals surface area (Å²) in [6.07, 6.45) is 7.52. The van der Waals surface area contributed by atoms with E-state index in [0.29, 0.717) is 47.6 Å². The second-order valence-corrected chi connectivity index (χ2v) is 12.9. The molecule has 0 aliphatic carbocycles. The summed E-state index contributed by atoms with van der Waals surface area (Å²) in [4.78, 5) is 25.7. The fourth-order valence-corrected chi connectivity index (χ4v) is 6.04. The summed E-state index contributed by atoms with van der Waals surface area (Å²) in [5.74, 6) is 3.63. The molecule has 10 heteroatoms. The third-order valence-electron chi connectivity index (χ3n) is 9.09. The standard InChI is InChI=1S/C41H42N6O4/c1-7-46-27-25-44(5)39(46)37(48)42-31-13-21-35(22-14-31)50-33-17-9-29(10-18-33)41(3,4)30-11-19-34(20-12-30)51-36-23-15-32(16-24-36)43-38(49)40-45(6)26-28-47(40)8-2/h9-28H,7-8H2,1-6H3/p+2. The van der Waals surface area contributed by atoms with Gasteiger partial charge < -0.3 is 20.1 Å². The molecule has 0 spiro atoms. The van der Waals surface area contributed by atoms with Gasteiger partial charge in [-0.1, -0.05) is 38.1 Å². The molecule has 6 aromatic rings. The Balaban J connectivity index is 1.03. The molecule has 2 aromatic heterocycles. The summed E-state index contributed by atoms with van der Waals surface area (Å²) >= 11 is 0. The van der Waals surface area contributed by atoms with Crippen molar-refractivity contribution in [2.24, 2.45) is 14.1 Å². The van der Waals surface area contributed by atoms with E-state index in [-0.39, 0.29) is 17.2 Å². The first kappa shape index (κ1) is 34.7. The highest BCUT2D eigenvalue weighted by atomic mass is 16.5. The van der Waals surface area contributed by atoms with Gasteiger partial charge in [-0.2, -0.15) is 0 Å². The van der Waals surface area contributed by atoms with Crippen LogP contribution in [0.15, 0.2) is 122 Å². The van der Waals surface area contributed by atoms with Crippen LogP contribution in [0.4, 0.5) is 11.4 Å². The quantitative estimate of drug-likeness (QED) is 0.132. The summed E-state index contributed by atoms with van der Waals surface area (Å²) in [6.45, 7) is 9.81. The van der Waals surface area contributed by atoms with Gasteiger partial charge in [0.1, 0.15) is 47.8 Å². The lowest BCUT2D eigenvalue weighted by atomic mass is 9.78. The Hall–Kier alpha value is -6.16. The predicted octanol–water partition coefficient (Wildman–Crippen LogP) is 7.39. The van der Waals surface area contributed by atoms with Gasteiger partial charge in [-0.15, -0.1) is 0 Å². The SMILES string of the molecule is CCn1cc[n+](C)c1C(=O)Nc1ccc(Oc2ccc(C(C)(C)c3ccc(Oc4ccc(NC(=O)c5n(CC)cc[n+]5C)cc4)cc3)cc2)cc1. The molecule has 6 rings (SSSR count). The van der Waals surface area contributed by atoms with Gasteiger partial charge in [-0.25, -0.2) is 18.3 Å². The molecule has 0 unspecified atom stereocenters. The molecule has 0 saturated carbocycles. The van der Waals surface area contributed by atoms with Crippen LogP contribution in [0, 0.1) is 0 Å². The first-order valence-electron chi connectivity index (χ1n) is 17.0. The van der Waals surface area contributed by atoms with Gasteiger partial charge in [0.05, 0.1) is 27.2 Å². The van der Waals surface area contributed by atoms with E-state index in [1.165, 1.54) is 0 Å². The Bertz CT molecular complexity index is 1980. The van der Waals surface area contributed by atoms with Gasteiger partial charge in [-0.3, -0.25) is 9.59 Å². The first-order chi connectivity index (χ1) is 24.5. The molecule has 0 aliphatic heterocycles. The number of amides is 2. The molecule has 2 N–H and O–H groups in total. The van der Waals surface area contributed by atoms with Crippen molar-refractivity contribution in [1.82, 2.24) is 9.13 Å². The zero-order chi connectivity index (χ0) is 36.1. The number of aryl methyl sites for hydroxylation is 4. The predicted molar refractivity (Wildman–Crippen MR) is 197 cm³/mol. The highest BCUT2D eigenvalue weighted by molar-refractivity contribution is 6.01. The van der Waals surface area contributed by atoms with E-state index in [0.717, 1.165) is 22.6 Å². The molecule has 260 valence electrons. The van der Waals surface area contributed by atoms with Gasteiger partial charge in [0, 0.05) is 16.8 Å². The number of benzene rings is 4. The van der Waals surface area contributed by atoms with Gasteiger partial charge in [0.25, 0.3) is 0 Å². The third kappa shape index (κ3) is 7.70. The van der Waals surface area contributed by atoms with E-state index in [9.17, 15) is 9.59 Å². The van der Waals surface area contributed by atoms with Gasteiger partial charge >= 0.3 is 23.5 Å². The summed E-state index contributed by atoms with van der Waals surface area (Å²) in [5.41, 5.74) is 3.40. The van der Waals surface area contributed by atoms with Crippen molar-refractivity contribution in [3.63, 3.8) is 0 Å². The van der Waals surface area contributed by atoms with Crippen molar-refractivity contribution in [2.75, 3.05) is 10.6 Å². The van der Waals surface area contributed by atoms with E-state index in [1.807, 2.05) is 144 Å². The van der Waals surface area contributed by atoms with Crippen LogP contribution in [0.2, 0.25) is 0 Å². The van der Waals surface area contributed by atoms with Crippen molar-refractivity contribution < 1.29 is 28.2 Å². The minimum absolute atomic E-state index is 0.166. The minimum Gasteiger partial charge on any atom is -0.457 e. The molecule has 10 nitrogen and oxygen atoms in total. The average Bonchev–Trinajstić information content (AvgIpc) is 3.71. The second-order valence-electron chi connectivity index (χ2n) is 12.9. The molecular weight excluding hydrogens is 640 g/mol. The minimum atomic E-state index is -0.265. The summed E-state index contributed by atoms with van der Waals surface area (Å²) in [7, 11) is 3.72. The van der Waals surface area contributed by atoms with Crippen LogP contribution in [0.3, 0.4) is 0 Å². The molecule has 0 radical (unpaired) electrons. The Labute approximate surface area is 298 Å². The molecule has 0 aliphatic rings. The molecular formula is C41H44N6O4+2. The molecule has 51 heavy (non-hydrogen) atoms. The number of anilines is 2. The van der Waals surface area contributed by atoms with Crippen LogP contribution in [-0.4, -0.2) is 20.9 Å². The topological polar surface area (TPSA) is 94.3 Å². The maximum Gasteiger partial charge on any atom is 0.348 e. The number of rotatable bonds is 12. The zero-order valence-corrected chi connectivity index (χ0v) is 29.9. The number of carbonyl (C=O) groups is 2. The number of hydrogen-bond acceptors (Lipinski definition) is 4. The van der Waals surface area contributed by atoms with E-state index in [2.05, 4.69) is 48.7 Å². The Morgan fingerprint density at radius 3 is 1.20 bits per heavy atom. The van der Waals surface area contributed by atoms with Crippen molar-refractivity contribution in [2.45, 2.75) is 46.2 Å². The van der Waals surface area contributed by atoms with Crippen molar-refractivity contribution in [3.8, 4) is 23.0 Å². The van der Waals surface area contributed by atoms with Gasteiger partial charge in [0.2, 0.25) is 0 Å². The average molecular weight is 685 g/mol. The van der Waals surface area contributed by atoms with Crippen molar-refractivity contribution in [1.29, 1.82) is 0 Å². The summed E-state index contributed by atoms with van der Waals surface area (Å²) in [5, 5.41) is 5.93. The number of nitrogens with one attached hydrogen (secondary N) is 2. The molecule has 0 atom stereocenters. The highest BCUT2D eigenvalue weighted by Gasteiger charge is 2.25. The van der Waals surface area contributed by atoms with Gasteiger partial charge in [0.15, 0.2) is 0 Å². The number of imidazole rings is 2. The summed E-state index contributed by atoms with van der Waals surface area (Å²) in [6, 6.07) is 30.9. The van der Waals surface area contributed by atoms with Crippen LogP contribution < -0.4 is 29.2 Å². The first-order valence-corrected chi connectivity index (χ1v) is 17.0. The van der Waals surface area contributed by atoms with E-state index in [4.69, 9.17) is 9.47 Å². The normalized spacial score (nSPS) is 11.3. The molecule has 0 bridgehead atoms. The Morgan fingerprint density at radius 2 is 0.882 bits per heavy atom. The number of ether oxygens (including phenoxy) is 2. The number of aromatic nitrogens is 4. The van der Waals surface area contributed by atoms with E-state index >= 15 is 0 Å². The lowest BCUT2D eigenvalue weighted by molar-refractivity contribution is -0.672. The third-order valence-corrected chi connectivity index (χ3v) is 9.09. The van der Waals surface area contributed by atoms with Crippen LogP contribution in [0.5, 0.6) is 23.0 Å².